The summed E-state index contributed by atoms with van der Waals surface area (Å²) in [4.78, 5) is 2.50. The molecule has 0 bridgehead atoms. The lowest BCUT2D eigenvalue weighted by Gasteiger charge is -2.35. The van der Waals surface area contributed by atoms with Gasteiger partial charge in [0.1, 0.15) is 0 Å². The Morgan fingerprint density at radius 1 is 1.27 bits per heavy atom. The quantitative estimate of drug-likeness (QED) is 0.723. The van der Waals surface area contributed by atoms with Gasteiger partial charge in [-0.05, 0) is 32.6 Å². The lowest BCUT2D eigenvalue weighted by Crippen LogP contribution is -2.46. The van der Waals surface area contributed by atoms with Crippen molar-refractivity contribution in [2.75, 3.05) is 26.4 Å². The summed E-state index contributed by atoms with van der Waals surface area (Å²) in [6.07, 6.45) is 6.84. The van der Waals surface area contributed by atoms with E-state index in [9.17, 15) is 0 Å². The van der Waals surface area contributed by atoms with Crippen LogP contribution in [-0.4, -0.2) is 43.4 Å². The Hall–Kier alpha value is -0.120. The van der Waals surface area contributed by atoms with Gasteiger partial charge in [-0.25, -0.2) is 0 Å². The summed E-state index contributed by atoms with van der Waals surface area (Å²) in [5.41, 5.74) is 0. The van der Waals surface area contributed by atoms with Crippen molar-refractivity contribution < 1.29 is 4.74 Å². The molecule has 1 aliphatic carbocycles. The maximum Gasteiger partial charge on any atom is 0.0992 e. The van der Waals surface area contributed by atoms with E-state index in [4.69, 9.17) is 4.74 Å². The van der Waals surface area contributed by atoms with E-state index >= 15 is 0 Å². The molecule has 1 aliphatic heterocycles. The topological polar surface area (TPSA) is 24.5 Å². The number of ether oxygens (including phenoxy) is 1. The van der Waals surface area contributed by atoms with E-state index in [1.807, 2.05) is 0 Å². The van der Waals surface area contributed by atoms with Gasteiger partial charge in [-0.15, -0.1) is 0 Å². The summed E-state index contributed by atoms with van der Waals surface area (Å²) in [5, 5.41) is 3.64. The van der Waals surface area contributed by atoms with Gasteiger partial charge in [0.05, 0.1) is 6.73 Å². The van der Waals surface area contributed by atoms with Crippen molar-refractivity contribution in [3.05, 3.63) is 0 Å². The number of hydrogen-bond donors (Lipinski definition) is 1. The first kappa shape index (κ1) is 11.4. The average molecular weight is 212 g/mol. The fourth-order valence-electron chi connectivity index (χ4n) is 2.26. The Morgan fingerprint density at radius 3 is 2.87 bits per heavy atom. The standard InChI is InChI=1S/C12H24N2O/c1-2-15-10-14-8-4-3-5-12(14)9-13-11-6-7-11/h11-13H,2-10H2,1H3. The van der Waals surface area contributed by atoms with Crippen molar-refractivity contribution in [1.29, 1.82) is 0 Å². The molecule has 1 heterocycles. The summed E-state index contributed by atoms with van der Waals surface area (Å²) >= 11 is 0. The first-order valence-corrected chi connectivity index (χ1v) is 6.45. The van der Waals surface area contributed by atoms with E-state index in [1.165, 1.54) is 38.6 Å². The zero-order valence-corrected chi connectivity index (χ0v) is 9.87. The Balaban J connectivity index is 1.70. The summed E-state index contributed by atoms with van der Waals surface area (Å²) < 4.78 is 5.52. The molecule has 1 N–H and O–H groups in total. The molecule has 15 heavy (non-hydrogen) atoms. The van der Waals surface area contributed by atoms with Gasteiger partial charge >= 0.3 is 0 Å². The molecule has 1 unspecified atom stereocenters. The summed E-state index contributed by atoms with van der Waals surface area (Å²) in [5.74, 6) is 0. The number of hydrogen-bond acceptors (Lipinski definition) is 3. The van der Waals surface area contributed by atoms with Gasteiger partial charge in [0.2, 0.25) is 0 Å². The first-order valence-electron chi connectivity index (χ1n) is 6.45. The second-order valence-electron chi connectivity index (χ2n) is 4.77. The van der Waals surface area contributed by atoms with Crippen molar-refractivity contribution >= 4 is 0 Å². The molecule has 0 radical (unpaired) electrons. The van der Waals surface area contributed by atoms with E-state index in [1.54, 1.807) is 0 Å². The van der Waals surface area contributed by atoms with Crippen LogP contribution < -0.4 is 5.32 Å². The lowest BCUT2D eigenvalue weighted by atomic mass is 10.0. The lowest BCUT2D eigenvalue weighted by molar-refractivity contribution is -0.00430. The molecular weight excluding hydrogens is 188 g/mol. The van der Waals surface area contributed by atoms with Crippen molar-refractivity contribution in [3.8, 4) is 0 Å². The number of nitrogens with one attached hydrogen (secondary N) is 1. The van der Waals surface area contributed by atoms with Crippen LogP contribution in [0.5, 0.6) is 0 Å². The molecule has 3 heteroatoms. The van der Waals surface area contributed by atoms with Crippen LogP contribution in [0.2, 0.25) is 0 Å². The van der Waals surface area contributed by atoms with Crippen LogP contribution in [0.4, 0.5) is 0 Å². The van der Waals surface area contributed by atoms with Crippen LogP contribution in [0.25, 0.3) is 0 Å². The van der Waals surface area contributed by atoms with E-state index in [-0.39, 0.29) is 0 Å². The minimum atomic E-state index is 0.714. The fourth-order valence-corrected chi connectivity index (χ4v) is 2.26. The number of likely N-dealkylation sites (tertiary alicyclic amines) is 1. The molecule has 2 aliphatic rings. The molecular formula is C12H24N2O. The highest BCUT2D eigenvalue weighted by atomic mass is 16.5. The van der Waals surface area contributed by atoms with Crippen molar-refractivity contribution in [2.24, 2.45) is 0 Å². The van der Waals surface area contributed by atoms with Gasteiger partial charge in [0, 0.05) is 31.8 Å². The third-order valence-corrected chi connectivity index (χ3v) is 3.43. The van der Waals surface area contributed by atoms with Gasteiger partial charge in [-0.2, -0.15) is 0 Å². The van der Waals surface area contributed by atoms with Crippen LogP contribution in [-0.2, 0) is 4.74 Å². The van der Waals surface area contributed by atoms with Gasteiger partial charge in [0.25, 0.3) is 0 Å². The Morgan fingerprint density at radius 2 is 2.13 bits per heavy atom. The summed E-state index contributed by atoms with van der Waals surface area (Å²) in [6, 6.07) is 1.55. The maximum atomic E-state index is 5.52. The summed E-state index contributed by atoms with van der Waals surface area (Å²) in [7, 11) is 0. The predicted octanol–water partition coefficient (Wildman–Crippen LogP) is 1.59. The van der Waals surface area contributed by atoms with E-state index in [0.29, 0.717) is 6.04 Å². The second kappa shape index (κ2) is 5.83. The third-order valence-electron chi connectivity index (χ3n) is 3.43. The highest BCUT2D eigenvalue weighted by Crippen LogP contribution is 2.21. The highest BCUT2D eigenvalue weighted by molar-refractivity contribution is 4.85. The van der Waals surface area contributed by atoms with E-state index in [0.717, 1.165) is 25.9 Å². The zero-order valence-electron chi connectivity index (χ0n) is 9.87. The largest absolute Gasteiger partial charge is 0.366 e. The number of nitrogens with zero attached hydrogens (tertiary/aromatic N) is 1. The number of rotatable bonds is 6. The highest BCUT2D eigenvalue weighted by Gasteiger charge is 2.26. The van der Waals surface area contributed by atoms with Gasteiger partial charge < -0.3 is 10.1 Å². The Labute approximate surface area is 93.2 Å². The second-order valence-corrected chi connectivity index (χ2v) is 4.77. The van der Waals surface area contributed by atoms with E-state index < -0.39 is 0 Å². The number of piperidine rings is 1. The molecule has 1 saturated heterocycles. The van der Waals surface area contributed by atoms with Crippen molar-refractivity contribution in [1.82, 2.24) is 10.2 Å². The molecule has 0 amide bonds. The first-order chi connectivity index (χ1) is 7.40. The average Bonchev–Trinajstić information content (AvgIpc) is 3.08. The molecule has 0 aromatic heterocycles. The molecule has 0 aromatic carbocycles. The van der Waals surface area contributed by atoms with Crippen LogP contribution >= 0.6 is 0 Å². The molecule has 2 rings (SSSR count). The van der Waals surface area contributed by atoms with Gasteiger partial charge in [0.15, 0.2) is 0 Å². The van der Waals surface area contributed by atoms with Crippen LogP contribution in [0.1, 0.15) is 39.0 Å². The SMILES string of the molecule is CCOCN1CCCCC1CNC1CC1. The molecule has 2 fully saturated rings. The van der Waals surface area contributed by atoms with Crippen LogP contribution in [0.3, 0.4) is 0 Å². The molecule has 0 spiro atoms. The smallest absolute Gasteiger partial charge is 0.0992 e. The minimum absolute atomic E-state index is 0.714. The minimum Gasteiger partial charge on any atom is -0.366 e. The predicted molar refractivity (Wildman–Crippen MR) is 61.9 cm³/mol. The van der Waals surface area contributed by atoms with Crippen molar-refractivity contribution in [2.45, 2.75) is 51.1 Å². The van der Waals surface area contributed by atoms with Gasteiger partial charge in [-0.1, -0.05) is 6.42 Å². The van der Waals surface area contributed by atoms with Crippen molar-refractivity contribution in [3.63, 3.8) is 0 Å². The fraction of sp³-hybridized carbons (Fsp3) is 1.00. The molecule has 1 atom stereocenters. The summed E-state index contributed by atoms with van der Waals surface area (Å²) in [6.45, 7) is 6.11. The maximum absolute atomic E-state index is 5.52. The monoisotopic (exact) mass is 212 g/mol. The molecule has 88 valence electrons. The normalized spacial score (nSPS) is 28.2. The molecule has 0 aromatic rings. The Kier molecular flexibility index (Phi) is 4.42. The van der Waals surface area contributed by atoms with Gasteiger partial charge in [-0.3, -0.25) is 4.90 Å². The Bertz CT molecular complexity index is 182. The third kappa shape index (κ3) is 3.74. The molecule has 1 saturated carbocycles. The zero-order chi connectivity index (χ0) is 10.5. The van der Waals surface area contributed by atoms with E-state index in [2.05, 4.69) is 17.1 Å². The van der Waals surface area contributed by atoms with Crippen LogP contribution in [0, 0.1) is 0 Å². The molecule has 3 nitrogen and oxygen atoms in total. The van der Waals surface area contributed by atoms with Crippen LogP contribution in [0.15, 0.2) is 0 Å².